The smallest absolute Gasteiger partial charge is 0.0835 e. The van der Waals surface area contributed by atoms with Gasteiger partial charge in [-0.15, -0.1) is 0 Å². The molecule has 2 atom stereocenters. The van der Waals surface area contributed by atoms with Crippen LogP contribution in [0.4, 0.5) is 0 Å². The number of halogens is 1. The molecular formula is C12H22ClN3O. The number of aryl methyl sites for hydroxylation is 1. The molecule has 0 aliphatic carbocycles. The minimum atomic E-state index is 0.0689. The molecule has 1 heterocycles. The van der Waals surface area contributed by atoms with E-state index in [4.69, 9.17) is 16.3 Å². The van der Waals surface area contributed by atoms with Gasteiger partial charge < -0.3 is 10.1 Å². The highest BCUT2D eigenvalue weighted by atomic mass is 35.5. The molecule has 1 aromatic rings. The van der Waals surface area contributed by atoms with Gasteiger partial charge in [-0.2, -0.15) is 5.10 Å². The van der Waals surface area contributed by atoms with Gasteiger partial charge in [0.15, 0.2) is 0 Å². The van der Waals surface area contributed by atoms with Crippen LogP contribution in [0.5, 0.6) is 0 Å². The van der Waals surface area contributed by atoms with E-state index in [0.717, 1.165) is 18.8 Å². The Balaban J connectivity index is 2.99. The Morgan fingerprint density at radius 3 is 2.71 bits per heavy atom. The molecule has 1 aromatic heterocycles. The number of rotatable bonds is 7. The molecule has 0 fully saturated rings. The lowest BCUT2D eigenvalue weighted by Crippen LogP contribution is -2.34. The first-order valence-corrected chi connectivity index (χ1v) is 6.59. The number of likely N-dealkylation sites (N-methyl/N-ethyl adjacent to an activating group) is 1. The third kappa shape index (κ3) is 3.44. The maximum absolute atomic E-state index is 6.22. The van der Waals surface area contributed by atoms with Crippen LogP contribution in [0.2, 0.25) is 5.02 Å². The number of nitrogens with zero attached hydrogens (tertiary/aromatic N) is 2. The Hall–Kier alpha value is -0.580. The molecule has 0 aliphatic heterocycles. The van der Waals surface area contributed by atoms with Gasteiger partial charge in [0, 0.05) is 13.2 Å². The molecule has 17 heavy (non-hydrogen) atoms. The lowest BCUT2D eigenvalue weighted by Gasteiger charge is -2.25. The van der Waals surface area contributed by atoms with E-state index in [1.165, 1.54) is 0 Å². The zero-order valence-electron chi connectivity index (χ0n) is 11.0. The quantitative estimate of drug-likeness (QED) is 0.818. The molecule has 0 aliphatic rings. The van der Waals surface area contributed by atoms with Crippen LogP contribution in [0.3, 0.4) is 0 Å². The predicted octanol–water partition coefficient (Wildman–Crippen LogP) is 2.63. The van der Waals surface area contributed by atoms with Crippen molar-refractivity contribution >= 4 is 11.6 Å². The van der Waals surface area contributed by atoms with E-state index >= 15 is 0 Å². The van der Waals surface area contributed by atoms with Crippen molar-refractivity contribution in [2.45, 2.75) is 46.4 Å². The highest BCUT2D eigenvalue weighted by Crippen LogP contribution is 2.26. The van der Waals surface area contributed by atoms with E-state index in [9.17, 15) is 0 Å². The van der Waals surface area contributed by atoms with Crippen molar-refractivity contribution in [1.82, 2.24) is 15.1 Å². The maximum atomic E-state index is 6.22. The molecule has 4 nitrogen and oxygen atoms in total. The fraction of sp³-hybridized carbons (Fsp3) is 0.750. The summed E-state index contributed by atoms with van der Waals surface area (Å²) in [5, 5.41) is 8.38. The molecule has 0 aromatic carbocycles. The first-order chi connectivity index (χ1) is 8.15. The average molecular weight is 260 g/mol. The second-order valence-corrected chi connectivity index (χ2v) is 4.30. The summed E-state index contributed by atoms with van der Waals surface area (Å²) < 4.78 is 7.59. The highest BCUT2D eigenvalue weighted by Gasteiger charge is 2.25. The molecule has 0 amide bonds. The first kappa shape index (κ1) is 14.5. The van der Waals surface area contributed by atoms with Gasteiger partial charge >= 0.3 is 0 Å². The van der Waals surface area contributed by atoms with Gasteiger partial charge in [0.2, 0.25) is 0 Å². The Kier molecular flexibility index (Phi) is 5.95. The third-order valence-electron chi connectivity index (χ3n) is 2.75. The van der Waals surface area contributed by atoms with Gasteiger partial charge in [0.05, 0.1) is 29.1 Å². The van der Waals surface area contributed by atoms with E-state index in [2.05, 4.69) is 31.2 Å². The normalized spacial score (nSPS) is 14.9. The molecule has 98 valence electrons. The van der Waals surface area contributed by atoms with Crippen LogP contribution in [-0.2, 0) is 11.3 Å². The van der Waals surface area contributed by atoms with Gasteiger partial charge in [0.25, 0.3) is 0 Å². The van der Waals surface area contributed by atoms with Gasteiger partial charge in [-0.05, 0) is 27.3 Å². The third-order valence-corrected chi connectivity index (χ3v) is 3.04. The van der Waals surface area contributed by atoms with E-state index in [0.29, 0.717) is 11.6 Å². The van der Waals surface area contributed by atoms with E-state index < -0.39 is 0 Å². The van der Waals surface area contributed by atoms with Crippen LogP contribution in [0.1, 0.15) is 39.4 Å². The second kappa shape index (κ2) is 6.99. The standard InChI is InChI=1S/C12H22ClN3O/c1-5-14-11(9(4)17-7-3)12-10(13)8-15-16(12)6-2/h8-9,11,14H,5-7H2,1-4H3. The van der Waals surface area contributed by atoms with Crippen molar-refractivity contribution in [3.8, 4) is 0 Å². The monoisotopic (exact) mass is 259 g/mol. The van der Waals surface area contributed by atoms with Gasteiger partial charge in [-0.25, -0.2) is 0 Å². The Labute approximate surface area is 108 Å². The minimum Gasteiger partial charge on any atom is -0.377 e. The van der Waals surface area contributed by atoms with Gasteiger partial charge in [-0.3, -0.25) is 4.68 Å². The molecule has 0 radical (unpaired) electrons. The molecule has 0 saturated heterocycles. The topological polar surface area (TPSA) is 39.1 Å². The fourth-order valence-electron chi connectivity index (χ4n) is 2.00. The largest absolute Gasteiger partial charge is 0.377 e. The maximum Gasteiger partial charge on any atom is 0.0835 e. The molecule has 1 rings (SSSR count). The Morgan fingerprint density at radius 1 is 1.47 bits per heavy atom. The zero-order chi connectivity index (χ0) is 12.8. The molecule has 0 bridgehead atoms. The van der Waals surface area contributed by atoms with Crippen LogP contribution in [0.25, 0.3) is 0 Å². The minimum absolute atomic E-state index is 0.0689. The number of hydrogen-bond acceptors (Lipinski definition) is 3. The van der Waals surface area contributed by atoms with Crippen molar-refractivity contribution < 1.29 is 4.74 Å². The summed E-state index contributed by atoms with van der Waals surface area (Å²) in [6.45, 7) is 10.6. The van der Waals surface area contributed by atoms with Gasteiger partial charge in [0.1, 0.15) is 0 Å². The van der Waals surface area contributed by atoms with Crippen LogP contribution >= 0.6 is 11.6 Å². The van der Waals surface area contributed by atoms with Crippen molar-refractivity contribution in [2.24, 2.45) is 0 Å². The summed E-state index contributed by atoms with van der Waals surface area (Å²) in [4.78, 5) is 0. The van der Waals surface area contributed by atoms with E-state index in [1.807, 2.05) is 11.6 Å². The SMILES string of the molecule is CCNC(c1c(Cl)cnn1CC)C(C)OCC. The summed E-state index contributed by atoms with van der Waals surface area (Å²) >= 11 is 6.22. The Morgan fingerprint density at radius 2 is 2.18 bits per heavy atom. The summed E-state index contributed by atoms with van der Waals surface area (Å²) in [6, 6.07) is 0.0786. The van der Waals surface area contributed by atoms with E-state index in [1.54, 1.807) is 6.20 Å². The van der Waals surface area contributed by atoms with Crippen molar-refractivity contribution in [2.75, 3.05) is 13.2 Å². The zero-order valence-corrected chi connectivity index (χ0v) is 11.8. The lowest BCUT2D eigenvalue weighted by molar-refractivity contribution is 0.0453. The second-order valence-electron chi connectivity index (χ2n) is 3.89. The number of aromatic nitrogens is 2. The van der Waals surface area contributed by atoms with Gasteiger partial charge in [-0.1, -0.05) is 18.5 Å². The summed E-state index contributed by atoms with van der Waals surface area (Å²) in [6.07, 6.45) is 1.77. The number of hydrogen-bond donors (Lipinski definition) is 1. The van der Waals surface area contributed by atoms with Crippen molar-refractivity contribution in [3.05, 3.63) is 16.9 Å². The van der Waals surface area contributed by atoms with E-state index in [-0.39, 0.29) is 12.1 Å². The molecule has 1 N–H and O–H groups in total. The summed E-state index contributed by atoms with van der Waals surface area (Å²) in [5.74, 6) is 0. The van der Waals surface area contributed by atoms with Crippen LogP contribution in [0.15, 0.2) is 6.20 Å². The summed E-state index contributed by atoms with van der Waals surface area (Å²) in [5.41, 5.74) is 1.01. The molecule has 5 heteroatoms. The fourth-order valence-corrected chi connectivity index (χ4v) is 2.26. The predicted molar refractivity (Wildman–Crippen MR) is 70.4 cm³/mol. The molecular weight excluding hydrogens is 238 g/mol. The first-order valence-electron chi connectivity index (χ1n) is 6.21. The highest BCUT2D eigenvalue weighted by molar-refractivity contribution is 6.31. The Bertz CT molecular complexity index is 340. The molecule has 0 spiro atoms. The summed E-state index contributed by atoms with van der Waals surface area (Å²) in [7, 11) is 0. The van der Waals surface area contributed by atoms with Crippen LogP contribution in [-0.4, -0.2) is 29.0 Å². The number of nitrogens with one attached hydrogen (secondary N) is 1. The van der Waals surface area contributed by atoms with Crippen molar-refractivity contribution in [1.29, 1.82) is 0 Å². The van der Waals surface area contributed by atoms with Crippen LogP contribution < -0.4 is 5.32 Å². The van der Waals surface area contributed by atoms with Crippen LogP contribution in [0, 0.1) is 0 Å². The lowest BCUT2D eigenvalue weighted by atomic mass is 10.1. The number of ether oxygens (including phenoxy) is 1. The van der Waals surface area contributed by atoms with Crippen molar-refractivity contribution in [3.63, 3.8) is 0 Å². The average Bonchev–Trinajstić information content (AvgIpc) is 2.67. The molecule has 2 unspecified atom stereocenters. The molecule has 0 saturated carbocycles.